The molecule has 0 spiro atoms. The molecule has 0 radical (unpaired) electrons. The number of amides is 2. The van der Waals surface area contributed by atoms with Gasteiger partial charge in [0.25, 0.3) is 0 Å². The zero-order chi connectivity index (χ0) is 27.1. The second-order valence-corrected chi connectivity index (χ2v) is 9.68. The first-order valence-electron chi connectivity index (χ1n) is 13.1. The molecule has 3 N–H and O–H groups in total. The first-order chi connectivity index (χ1) is 18.4. The molecule has 202 valence electrons. The van der Waals surface area contributed by atoms with E-state index in [1.807, 2.05) is 24.3 Å². The fourth-order valence-electron chi connectivity index (χ4n) is 5.28. The highest BCUT2D eigenvalue weighted by Crippen LogP contribution is 2.47. The summed E-state index contributed by atoms with van der Waals surface area (Å²) in [6, 6.07) is 12.7. The van der Waals surface area contributed by atoms with E-state index in [0.29, 0.717) is 24.2 Å². The SMILES string of the molecule is C=CCCCCC(=O)N(CCc1cccc(F)c1)[C@@H]1C=C(C(=O)NCCO)[C@@H]2c3ccccc3O[C@@H]2[C@H]1O. The molecule has 0 unspecified atom stereocenters. The van der Waals surface area contributed by atoms with Crippen LogP contribution in [0.15, 0.2) is 72.8 Å². The van der Waals surface area contributed by atoms with Crippen LogP contribution in [0.3, 0.4) is 0 Å². The number of ether oxygens (including phenoxy) is 1. The lowest BCUT2D eigenvalue weighted by atomic mass is 9.77. The number of nitrogens with one attached hydrogen (secondary N) is 1. The summed E-state index contributed by atoms with van der Waals surface area (Å²) in [5.74, 6) is -0.816. The predicted molar refractivity (Wildman–Crippen MR) is 142 cm³/mol. The predicted octanol–water partition coefficient (Wildman–Crippen LogP) is 3.27. The Labute approximate surface area is 222 Å². The number of carbonyl (C=O) groups excluding carboxylic acids is 2. The number of fused-ring (bicyclic) bond motifs is 3. The number of halogens is 1. The number of carbonyl (C=O) groups is 2. The third-order valence-corrected chi connectivity index (χ3v) is 7.14. The minimum absolute atomic E-state index is 0.0782. The van der Waals surface area contributed by atoms with Gasteiger partial charge in [0.2, 0.25) is 11.8 Å². The standard InChI is InChI=1S/C30H35FN2O5/c1-2-3-4-5-13-26(35)33(16-14-20-9-8-10-21(31)18-20)24-19-23(30(37)32-15-17-34)27-22-11-6-7-12-25(22)38-29(27)28(24)36/h2,6-12,18-19,24,27-29,34,36H,1,3-5,13-17H2,(H,32,37)/t24-,27+,28+,29+/m1/s1. The van der Waals surface area contributed by atoms with Gasteiger partial charge in [0, 0.05) is 30.6 Å². The third kappa shape index (κ3) is 6.14. The second-order valence-electron chi connectivity index (χ2n) is 9.68. The monoisotopic (exact) mass is 522 g/mol. The molecule has 1 heterocycles. The largest absolute Gasteiger partial charge is 0.486 e. The number of allylic oxidation sites excluding steroid dienone is 1. The Bertz CT molecular complexity index is 1180. The highest BCUT2D eigenvalue weighted by atomic mass is 19.1. The number of hydrogen-bond acceptors (Lipinski definition) is 5. The number of benzene rings is 2. The molecular formula is C30H35FN2O5. The van der Waals surface area contributed by atoms with Crippen molar-refractivity contribution in [2.24, 2.45) is 0 Å². The fraction of sp³-hybridized carbons (Fsp3) is 0.400. The molecule has 38 heavy (non-hydrogen) atoms. The van der Waals surface area contributed by atoms with E-state index < -0.39 is 24.2 Å². The van der Waals surface area contributed by atoms with E-state index in [1.165, 1.54) is 12.1 Å². The van der Waals surface area contributed by atoms with Crippen molar-refractivity contribution in [2.45, 2.75) is 56.3 Å². The van der Waals surface area contributed by atoms with Crippen molar-refractivity contribution in [3.63, 3.8) is 0 Å². The molecule has 8 heteroatoms. The van der Waals surface area contributed by atoms with Crippen LogP contribution in [0, 0.1) is 5.82 Å². The van der Waals surface area contributed by atoms with Gasteiger partial charge >= 0.3 is 0 Å². The Morgan fingerprint density at radius 2 is 1.97 bits per heavy atom. The number of rotatable bonds is 12. The van der Waals surface area contributed by atoms with Crippen LogP contribution in [0.4, 0.5) is 4.39 Å². The van der Waals surface area contributed by atoms with Crippen LogP contribution in [0.2, 0.25) is 0 Å². The minimum Gasteiger partial charge on any atom is -0.486 e. The highest BCUT2D eigenvalue weighted by Gasteiger charge is 2.50. The third-order valence-electron chi connectivity index (χ3n) is 7.14. The number of hydrogen-bond donors (Lipinski definition) is 3. The van der Waals surface area contributed by atoms with E-state index in [0.717, 1.165) is 24.0 Å². The van der Waals surface area contributed by atoms with Crippen molar-refractivity contribution >= 4 is 11.8 Å². The Hall–Kier alpha value is -3.49. The molecule has 0 saturated carbocycles. The first kappa shape index (κ1) is 27.5. The van der Waals surface area contributed by atoms with Crippen molar-refractivity contribution in [1.82, 2.24) is 10.2 Å². The van der Waals surface area contributed by atoms with Crippen molar-refractivity contribution in [2.75, 3.05) is 19.7 Å². The average Bonchev–Trinajstić information content (AvgIpc) is 3.31. The zero-order valence-electron chi connectivity index (χ0n) is 21.4. The molecule has 4 atom stereocenters. The molecule has 1 aliphatic carbocycles. The number of para-hydroxylation sites is 1. The van der Waals surface area contributed by atoms with E-state index in [4.69, 9.17) is 4.74 Å². The van der Waals surface area contributed by atoms with Gasteiger partial charge < -0.3 is 25.2 Å². The molecule has 0 saturated heterocycles. The lowest BCUT2D eigenvalue weighted by Crippen LogP contribution is -2.56. The Morgan fingerprint density at radius 1 is 1.16 bits per heavy atom. The summed E-state index contributed by atoms with van der Waals surface area (Å²) in [7, 11) is 0. The van der Waals surface area contributed by atoms with Crippen molar-refractivity contribution in [1.29, 1.82) is 0 Å². The smallest absolute Gasteiger partial charge is 0.247 e. The van der Waals surface area contributed by atoms with Gasteiger partial charge in [0.1, 0.15) is 23.8 Å². The molecule has 2 aromatic carbocycles. The van der Waals surface area contributed by atoms with Crippen molar-refractivity contribution < 1.29 is 28.9 Å². The molecule has 2 aromatic rings. The van der Waals surface area contributed by atoms with Gasteiger partial charge in [-0.1, -0.05) is 36.4 Å². The summed E-state index contributed by atoms with van der Waals surface area (Å²) in [6.07, 6.45) is 4.55. The van der Waals surface area contributed by atoms with Crippen LogP contribution >= 0.6 is 0 Å². The number of aliphatic hydroxyl groups is 2. The maximum atomic E-state index is 13.8. The molecule has 2 aliphatic rings. The summed E-state index contributed by atoms with van der Waals surface area (Å²) < 4.78 is 19.9. The number of nitrogens with zero attached hydrogens (tertiary/aromatic N) is 1. The van der Waals surface area contributed by atoms with Crippen LogP contribution < -0.4 is 10.1 Å². The molecule has 0 fully saturated rings. The zero-order valence-corrected chi connectivity index (χ0v) is 21.4. The van der Waals surface area contributed by atoms with E-state index >= 15 is 0 Å². The molecule has 0 aromatic heterocycles. The van der Waals surface area contributed by atoms with E-state index in [2.05, 4.69) is 11.9 Å². The lowest BCUT2D eigenvalue weighted by molar-refractivity contribution is -0.137. The van der Waals surface area contributed by atoms with E-state index in [-0.39, 0.29) is 43.7 Å². The van der Waals surface area contributed by atoms with Crippen LogP contribution in [0.5, 0.6) is 5.75 Å². The summed E-state index contributed by atoms with van der Waals surface area (Å²) in [4.78, 5) is 28.3. The Morgan fingerprint density at radius 3 is 2.74 bits per heavy atom. The number of aliphatic hydroxyl groups excluding tert-OH is 2. The normalized spacial score (nSPS) is 21.5. The Kier molecular flexibility index (Phi) is 9.31. The van der Waals surface area contributed by atoms with Crippen LogP contribution in [0.25, 0.3) is 0 Å². The van der Waals surface area contributed by atoms with E-state index in [9.17, 15) is 24.2 Å². The molecule has 0 bridgehead atoms. The van der Waals surface area contributed by atoms with Gasteiger partial charge in [0.05, 0.1) is 18.6 Å². The molecular weight excluding hydrogens is 487 g/mol. The molecule has 2 amide bonds. The van der Waals surface area contributed by atoms with Gasteiger partial charge in [-0.3, -0.25) is 9.59 Å². The maximum Gasteiger partial charge on any atom is 0.247 e. The van der Waals surface area contributed by atoms with Gasteiger partial charge in [-0.05, 0) is 55.5 Å². The van der Waals surface area contributed by atoms with Crippen LogP contribution in [-0.2, 0) is 16.0 Å². The maximum absolute atomic E-state index is 13.8. The van der Waals surface area contributed by atoms with Gasteiger partial charge in [-0.25, -0.2) is 4.39 Å². The quantitative estimate of drug-likeness (QED) is 0.294. The van der Waals surface area contributed by atoms with Crippen molar-refractivity contribution in [3.8, 4) is 5.75 Å². The summed E-state index contributed by atoms with van der Waals surface area (Å²) in [6.45, 7) is 3.82. The molecule has 7 nitrogen and oxygen atoms in total. The van der Waals surface area contributed by atoms with Crippen molar-refractivity contribution in [3.05, 3.63) is 89.8 Å². The highest BCUT2D eigenvalue weighted by molar-refractivity contribution is 5.96. The Balaban J connectivity index is 1.67. The summed E-state index contributed by atoms with van der Waals surface area (Å²) in [5.41, 5.74) is 1.91. The number of unbranched alkanes of at least 4 members (excludes halogenated alkanes) is 2. The minimum atomic E-state index is -1.09. The summed E-state index contributed by atoms with van der Waals surface area (Å²) >= 11 is 0. The molecule has 1 aliphatic heterocycles. The van der Waals surface area contributed by atoms with E-state index in [1.54, 1.807) is 29.2 Å². The topological polar surface area (TPSA) is 99.1 Å². The van der Waals surface area contributed by atoms with Crippen LogP contribution in [0.1, 0.15) is 42.7 Å². The van der Waals surface area contributed by atoms with Crippen LogP contribution in [-0.4, -0.2) is 64.9 Å². The summed E-state index contributed by atoms with van der Waals surface area (Å²) in [5, 5.41) is 23.5. The molecule has 4 rings (SSSR count). The van der Waals surface area contributed by atoms with Gasteiger partial charge in [-0.15, -0.1) is 6.58 Å². The average molecular weight is 523 g/mol. The van der Waals surface area contributed by atoms with Gasteiger partial charge in [0.15, 0.2) is 0 Å². The lowest BCUT2D eigenvalue weighted by Gasteiger charge is -2.41. The van der Waals surface area contributed by atoms with Gasteiger partial charge in [-0.2, -0.15) is 0 Å². The fourth-order valence-corrected chi connectivity index (χ4v) is 5.28. The second kappa shape index (κ2) is 12.8. The first-order valence-corrected chi connectivity index (χ1v) is 13.1.